The molecule has 0 radical (unpaired) electrons. The molecule has 0 aliphatic carbocycles. The Morgan fingerprint density at radius 1 is 1.50 bits per heavy atom. The fourth-order valence-electron chi connectivity index (χ4n) is 2.10. The lowest BCUT2D eigenvalue weighted by Gasteiger charge is -2.30. The van der Waals surface area contributed by atoms with Gasteiger partial charge in [0.15, 0.2) is 0 Å². The molecule has 1 aromatic rings. The third-order valence-electron chi connectivity index (χ3n) is 3.35. The molecule has 5 heteroatoms. The van der Waals surface area contributed by atoms with E-state index in [0.29, 0.717) is 17.4 Å². The van der Waals surface area contributed by atoms with Gasteiger partial charge in [0, 0.05) is 13.1 Å². The van der Waals surface area contributed by atoms with Gasteiger partial charge in [0.1, 0.15) is 18.1 Å². The summed E-state index contributed by atoms with van der Waals surface area (Å²) in [5.41, 5.74) is 0.532. The molecule has 2 amide bonds. The van der Waals surface area contributed by atoms with Crippen LogP contribution in [0.4, 0.5) is 10.6 Å². The molecule has 1 aromatic heterocycles. The predicted molar refractivity (Wildman–Crippen MR) is 77.2 cm³/mol. The second kappa shape index (κ2) is 6.92. The highest BCUT2D eigenvalue weighted by Gasteiger charge is 2.20. The Hall–Kier alpha value is -2.06. The summed E-state index contributed by atoms with van der Waals surface area (Å²) < 4.78 is 0. The predicted octanol–water partition coefficient (Wildman–Crippen LogP) is 1.69. The molecule has 0 atom stereocenters. The number of aliphatic hydroxyl groups is 1. The molecule has 0 aromatic carbocycles. The molecular weight excluding hydrogens is 254 g/mol. The van der Waals surface area contributed by atoms with Crippen LogP contribution in [0, 0.1) is 17.8 Å². The Labute approximate surface area is 119 Å². The van der Waals surface area contributed by atoms with Crippen molar-refractivity contribution in [2.45, 2.75) is 19.8 Å². The quantitative estimate of drug-likeness (QED) is 0.765. The van der Waals surface area contributed by atoms with Gasteiger partial charge in [-0.25, -0.2) is 9.78 Å². The number of piperidine rings is 1. The average Bonchev–Trinajstić information content (AvgIpc) is 2.46. The van der Waals surface area contributed by atoms with Gasteiger partial charge in [-0.2, -0.15) is 0 Å². The summed E-state index contributed by atoms with van der Waals surface area (Å²) in [7, 11) is 0. The van der Waals surface area contributed by atoms with Crippen LogP contribution in [0.1, 0.15) is 25.5 Å². The van der Waals surface area contributed by atoms with E-state index in [4.69, 9.17) is 5.11 Å². The van der Waals surface area contributed by atoms with Gasteiger partial charge in [-0.05, 0) is 36.8 Å². The summed E-state index contributed by atoms with van der Waals surface area (Å²) in [5, 5.41) is 11.4. The van der Waals surface area contributed by atoms with Crippen molar-refractivity contribution in [3.63, 3.8) is 0 Å². The molecule has 0 spiro atoms. The van der Waals surface area contributed by atoms with Gasteiger partial charge >= 0.3 is 6.03 Å². The fraction of sp³-hybridized carbons (Fsp3) is 0.467. The van der Waals surface area contributed by atoms with Gasteiger partial charge in [-0.1, -0.05) is 18.9 Å². The van der Waals surface area contributed by atoms with Crippen LogP contribution in [0.25, 0.3) is 0 Å². The van der Waals surface area contributed by atoms with Crippen LogP contribution in [0.5, 0.6) is 0 Å². The minimum atomic E-state index is -0.204. The lowest BCUT2D eigenvalue weighted by molar-refractivity contribution is 0.186. The molecule has 1 fully saturated rings. The molecule has 1 saturated heterocycles. The summed E-state index contributed by atoms with van der Waals surface area (Å²) in [4.78, 5) is 18.1. The number of rotatable bonds is 1. The molecule has 2 rings (SSSR count). The standard InChI is InChI=1S/C15H19N3O2/c1-12-7-9-18(10-8-12)15(20)17-14-6-2-4-13(16-14)5-3-11-19/h2,4,6,12,19H,7-11H2,1H3,(H,16,17,20). The molecule has 106 valence electrons. The zero-order valence-corrected chi connectivity index (χ0v) is 11.6. The van der Waals surface area contributed by atoms with E-state index in [2.05, 4.69) is 29.1 Å². The number of carbonyl (C=O) groups excluding carboxylic acids is 1. The molecule has 5 nitrogen and oxygen atoms in total. The van der Waals surface area contributed by atoms with E-state index in [1.165, 1.54) is 0 Å². The van der Waals surface area contributed by atoms with Crippen LogP contribution in [0.15, 0.2) is 18.2 Å². The van der Waals surface area contributed by atoms with Crippen LogP contribution >= 0.6 is 0 Å². The third-order valence-corrected chi connectivity index (χ3v) is 3.35. The van der Waals surface area contributed by atoms with Crippen LogP contribution in [-0.2, 0) is 0 Å². The van der Waals surface area contributed by atoms with Gasteiger partial charge in [-0.15, -0.1) is 0 Å². The molecule has 0 saturated carbocycles. The van der Waals surface area contributed by atoms with Crippen LogP contribution < -0.4 is 5.32 Å². The molecule has 2 heterocycles. The Kier molecular flexibility index (Phi) is 4.97. The van der Waals surface area contributed by atoms with Gasteiger partial charge in [0.25, 0.3) is 0 Å². The first-order chi connectivity index (χ1) is 9.69. The van der Waals surface area contributed by atoms with Crippen molar-refractivity contribution < 1.29 is 9.90 Å². The summed E-state index contributed by atoms with van der Waals surface area (Å²) in [5.74, 6) is 6.42. The van der Waals surface area contributed by atoms with Crippen molar-refractivity contribution in [2.24, 2.45) is 5.92 Å². The average molecular weight is 273 g/mol. The number of aromatic nitrogens is 1. The number of amides is 2. The van der Waals surface area contributed by atoms with Gasteiger partial charge in [0.05, 0.1) is 0 Å². The van der Waals surface area contributed by atoms with E-state index in [1.807, 2.05) is 4.90 Å². The van der Waals surface area contributed by atoms with Gasteiger partial charge in [-0.3, -0.25) is 5.32 Å². The fourth-order valence-corrected chi connectivity index (χ4v) is 2.10. The van der Waals surface area contributed by atoms with Gasteiger partial charge < -0.3 is 10.0 Å². The first-order valence-corrected chi connectivity index (χ1v) is 6.82. The number of likely N-dealkylation sites (tertiary alicyclic amines) is 1. The van der Waals surface area contributed by atoms with Gasteiger partial charge in [0.2, 0.25) is 0 Å². The highest BCUT2D eigenvalue weighted by atomic mass is 16.2. The Morgan fingerprint density at radius 3 is 2.95 bits per heavy atom. The van der Waals surface area contributed by atoms with E-state index >= 15 is 0 Å². The largest absolute Gasteiger partial charge is 0.384 e. The van der Waals surface area contributed by atoms with E-state index < -0.39 is 0 Å². The smallest absolute Gasteiger partial charge is 0.323 e. The maximum Gasteiger partial charge on any atom is 0.323 e. The SMILES string of the molecule is CC1CCN(C(=O)Nc2cccc(C#CCO)n2)CC1. The van der Waals surface area contributed by atoms with Crippen LogP contribution in [0.2, 0.25) is 0 Å². The number of aliphatic hydroxyl groups excluding tert-OH is 1. The zero-order valence-electron chi connectivity index (χ0n) is 11.6. The van der Waals surface area contributed by atoms with E-state index in [9.17, 15) is 4.79 Å². The number of nitrogens with one attached hydrogen (secondary N) is 1. The van der Waals surface area contributed by atoms with Crippen LogP contribution in [0.3, 0.4) is 0 Å². The number of pyridine rings is 1. The van der Waals surface area contributed by atoms with Crippen molar-refractivity contribution >= 4 is 11.8 Å². The molecule has 1 aliphatic heterocycles. The number of nitrogens with zero attached hydrogens (tertiary/aromatic N) is 2. The molecule has 1 aliphatic rings. The minimum absolute atomic E-state index is 0.114. The number of anilines is 1. The second-order valence-corrected chi connectivity index (χ2v) is 4.97. The van der Waals surface area contributed by atoms with Crippen LogP contribution in [-0.4, -0.2) is 40.7 Å². The first-order valence-electron chi connectivity index (χ1n) is 6.82. The molecule has 0 bridgehead atoms. The summed E-state index contributed by atoms with van der Waals surface area (Å²) >= 11 is 0. The number of hydrogen-bond donors (Lipinski definition) is 2. The Bertz CT molecular complexity index is 525. The lowest BCUT2D eigenvalue weighted by Crippen LogP contribution is -2.40. The van der Waals surface area contributed by atoms with Crippen molar-refractivity contribution in [1.82, 2.24) is 9.88 Å². The van der Waals surface area contributed by atoms with E-state index in [1.54, 1.807) is 18.2 Å². The van der Waals surface area contributed by atoms with E-state index in [-0.39, 0.29) is 12.6 Å². The maximum atomic E-state index is 12.1. The van der Waals surface area contributed by atoms with E-state index in [0.717, 1.165) is 25.9 Å². The first kappa shape index (κ1) is 14.4. The summed E-state index contributed by atoms with van der Waals surface area (Å²) in [6.07, 6.45) is 2.09. The number of urea groups is 1. The monoisotopic (exact) mass is 273 g/mol. The van der Waals surface area contributed by atoms with Crippen molar-refractivity contribution in [3.8, 4) is 11.8 Å². The molecule has 20 heavy (non-hydrogen) atoms. The Morgan fingerprint density at radius 2 is 2.25 bits per heavy atom. The zero-order chi connectivity index (χ0) is 14.4. The summed E-state index contributed by atoms with van der Waals surface area (Å²) in [6.45, 7) is 3.58. The molecule has 2 N–H and O–H groups in total. The maximum absolute atomic E-state index is 12.1. The van der Waals surface area contributed by atoms with Crippen molar-refractivity contribution in [3.05, 3.63) is 23.9 Å². The second-order valence-electron chi connectivity index (χ2n) is 4.97. The lowest BCUT2D eigenvalue weighted by atomic mass is 10.00. The molecule has 0 unspecified atom stereocenters. The summed E-state index contributed by atoms with van der Waals surface area (Å²) in [6, 6.07) is 5.13. The van der Waals surface area contributed by atoms with Crippen molar-refractivity contribution in [1.29, 1.82) is 0 Å². The van der Waals surface area contributed by atoms with Crippen molar-refractivity contribution in [2.75, 3.05) is 25.0 Å². The highest BCUT2D eigenvalue weighted by Crippen LogP contribution is 2.16. The third kappa shape index (κ3) is 3.97. The number of hydrogen-bond acceptors (Lipinski definition) is 3. The molecular formula is C15H19N3O2. The number of carbonyl (C=O) groups is 1. The highest BCUT2D eigenvalue weighted by molar-refractivity contribution is 5.88. The minimum Gasteiger partial charge on any atom is -0.384 e. The topological polar surface area (TPSA) is 65.5 Å². The Balaban J connectivity index is 1.97. The normalized spacial score (nSPS) is 15.4.